The first kappa shape index (κ1) is 18.9. The number of amides is 1. The molecular weight excluding hydrogens is 318 g/mol. The molecule has 0 saturated carbocycles. The number of aliphatic carboxylic acids is 1. The van der Waals surface area contributed by atoms with Crippen LogP contribution in [-0.4, -0.2) is 33.7 Å². The molecule has 122 valence electrons. The standard InChI is InChI=1S/C16H23NO3S2/c1-4-22-15(11(2)3)16(20)17-13-7-5-6-12(8-13)9-21-10-14(18)19/h5-8,11,15H,4,9-10H2,1-3H3,(H,17,20)(H,18,19). The van der Waals surface area contributed by atoms with Gasteiger partial charge in [-0.2, -0.15) is 0 Å². The molecule has 0 radical (unpaired) electrons. The van der Waals surface area contributed by atoms with Gasteiger partial charge in [0, 0.05) is 11.4 Å². The number of nitrogens with one attached hydrogen (secondary N) is 1. The SMILES string of the molecule is CCSC(C(=O)Nc1cccc(CSCC(=O)O)c1)C(C)C. The Balaban J connectivity index is 2.64. The van der Waals surface area contributed by atoms with Gasteiger partial charge in [-0.25, -0.2) is 0 Å². The van der Waals surface area contributed by atoms with Crippen LogP contribution in [0.5, 0.6) is 0 Å². The molecule has 0 saturated heterocycles. The van der Waals surface area contributed by atoms with Crippen molar-refractivity contribution in [3.8, 4) is 0 Å². The van der Waals surface area contributed by atoms with Gasteiger partial charge in [-0.15, -0.1) is 23.5 Å². The fourth-order valence-corrected chi connectivity index (χ4v) is 3.61. The largest absolute Gasteiger partial charge is 0.481 e. The number of carboxylic acids is 1. The van der Waals surface area contributed by atoms with Crippen LogP contribution in [-0.2, 0) is 15.3 Å². The van der Waals surface area contributed by atoms with E-state index >= 15 is 0 Å². The highest BCUT2D eigenvalue weighted by atomic mass is 32.2. The van der Waals surface area contributed by atoms with E-state index in [-0.39, 0.29) is 22.8 Å². The molecule has 0 aliphatic rings. The highest BCUT2D eigenvalue weighted by molar-refractivity contribution is 8.00. The number of hydrogen-bond acceptors (Lipinski definition) is 4. The summed E-state index contributed by atoms with van der Waals surface area (Å²) in [5.74, 6) is 1.09. The molecular formula is C16H23NO3S2. The maximum atomic E-state index is 12.3. The Kier molecular flexibility index (Phi) is 8.42. The van der Waals surface area contributed by atoms with Crippen molar-refractivity contribution in [2.75, 3.05) is 16.8 Å². The Morgan fingerprint density at radius 1 is 1.32 bits per heavy atom. The third-order valence-electron chi connectivity index (χ3n) is 2.90. The number of thioether (sulfide) groups is 2. The second-order valence-corrected chi connectivity index (χ2v) is 7.60. The number of rotatable bonds is 9. The summed E-state index contributed by atoms with van der Waals surface area (Å²) in [5, 5.41) is 11.6. The lowest BCUT2D eigenvalue weighted by Crippen LogP contribution is -2.29. The van der Waals surface area contributed by atoms with Gasteiger partial charge in [0.2, 0.25) is 5.91 Å². The van der Waals surface area contributed by atoms with E-state index in [4.69, 9.17) is 5.11 Å². The lowest BCUT2D eigenvalue weighted by Gasteiger charge is -2.19. The summed E-state index contributed by atoms with van der Waals surface area (Å²) in [4.78, 5) is 22.9. The van der Waals surface area contributed by atoms with E-state index in [1.54, 1.807) is 11.8 Å². The lowest BCUT2D eigenvalue weighted by molar-refractivity contribution is -0.133. The minimum Gasteiger partial charge on any atom is -0.481 e. The average molecular weight is 341 g/mol. The minimum atomic E-state index is -0.814. The molecule has 1 rings (SSSR count). The fraction of sp³-hybridized carbons (Fsp3) is 0.500. The number of hydrogen-bond donors (Lipinski definition) is 2. The van der Waals surface area contributed by atoms with Crippen LogP contribution < -0.4 is 5.32 Å². The smallest absolute Gasteiger partial charge is 0.313 e. The first-order chi connectivity index (χ1) is 10.4. The Hall–Kier alpha value is -1.14. The summed E-state index contributed by atoms with van der Waals surface area (Å²) < 4.78 is 0. The van der Waals surface area contributed by atoms with E-state index in [1.165, 1.54) is 11.8 Å². The van der Waals surface area contributed by atoms with Crippen LogP contribution in [0.15, 0.2) is 24.3 Å². The predicted octanol–water partition coefficient (Wildman–Crippen LogP) is 3.72. The maximum absolute atomic E-state index is 12.3. The van der Waals surface area contributed by atoms with Gasteiger partial charge in [0.05, 0.1) is 11.0 Å². The van der Waals surface area contributed by atoms with Gasteiger partial charge >= 0.3 is 5.97 Å². The number of carbonyl (C=O) groups excluding carboxylic acids is 1. The summed E-state index contributed by atoms with van der Waals surface area (Å²) in [5.41, 5.74) is 1.77. The van der Waals surface area contributed by atoms with Crippen molar-refractivity contribution in [2.45, 2.75) is 31.8 Å². The van der Waals surface area contributed by atoms with Crippen molar-refractivity contribution in [1.82, 2.24) is 0 Å². The van der Waals surface area contributed by atoms with Crippen molar-refractivity contribution in [2.24, 2.45) is 5.92 Å². The van der Waals surface area contributed by atoms with E-state index in [0.717, 1.165) is 17.0 Å². The van der Waals surface area contributed by atoms with Gasteiger partial charge in [0.1, 0.15) is 0 Å². The van der Waals surface area contributed by atoms with Crippen LogP contribution in [0.4, 0.5) is 5.69 Å². The second-order valence-electron chi connectivity index (χ2n) is 5.20. The molecule has 1 aromatic carbocycles. The Morgan fingerprint density at radius 3 is 2.64 bits per heavy atom. The number of anilines is 1. The first-order valence-corrected chi connectivity index (χ1v) is 9.45. The van der Waals surface area contributed by atoms with E-state index in [9.17, 15) is 9.59 Å². The van der Waals surface area contributed by atoms with Crippen LogP contribution in [0.3, 0.4) is 0 Å². The van der Waals surface area contributed by atoms with Crippen molar-refractivity contribution >= 4 is 41.1 Å². The normalized spacial score (nSPS) is 12.2. The first-order valence-electron chi connectivity index (χ1n) is 7.25. The van der Waals surface area contributed by atoms with Gasteiger partial charge in [-0.3, -0.25) is 9.59 Å². The molecule has 6 heteroatoms. The van der Waals surface area contributed by atoms with Crippen molar-refractivity contribution < 1.29 is 14.7 Å². The average Bonchev–Trinajstić information content (AvgIpc) is 2.44. The third kappa shape index (κ3) is 6.75. The zero-order chi connectivity index (χ0) is 16.5. The van der Waals surface area contributed by atoms with Gasteiger partial charge in [-0.05, 0) is 29.4 Å². The molecule has 2 N–H and O–H groups in total. The molecule has 1 amide bonds. The Labute approximate surface area is 140 Å². The van der Waals surface area contributed by atoms with Gasteiger partial charge in [0.15, 0.2) is 0 Å². The van der Waals surface area contributed by atoms with E-state index < -0.39 is 5.97 Å². The molecule has 22 heavy (non-hydrogen) atoms. The molecule has 1 aromatic rings. The molecule has 0 aliphatic carbocycles. The number of carbonyl (C=O) groups is 2. The monoisotopic (exact) mass is 341 g/mol. The molecule has 0 spiro atoms. The molecule has 1 unspecified atom stereocenters. The molecule has 0 fully saturated rings. The van der Waals surface area contributed by atoms with Crippen LogP contribution in [0, 0.1) is 5.92 Å². The van der Waals surface area contributed by atoms with Crippen molar-refractivity contribution in [3.05, 3.63) is 29.8 Å². The molecule has 0 aromatic heterocycles. The fourth-order valence-electron chi connectivity index (χ4n) is 1.96. The minimum absolute atomic E-state index is 0.0252. The zero-order valence-corrected chi connectivity index (χ0v) is 14.8. The summed E-state index contributed by atoms with van der Waals surface area (Å²) >= 11 is 3.00. The van der Waals surface area contributed by atoms with Crippen LogP contribution >= 0.6 is 23.5 Å². The van der Waals surface area contributed by atoms with Crippen LogP contribution in [0.2, 0.25) is 0 Å². The topological polar surface area (TPSA) is 66.4 Å². The van der Waals surface area contributed by atoms with E-state index in [2.05, 4.69) is 5.32 Å². The van der Waals surface area contributed by atoms with Crippen molar-refractivity contribution in [3.63, 3.8) is 0 Å². The third-order valence-corrected chi connectivity index (χ3v) is 5.34. The molecule has 1 atom stereocenters. The summed E-state index contributed by atoms with van der Waals surface area (Å²) in [6.45, 7) is 6.14. The lowest BCUT2D eigenvalue weighted by atomic mass is 10.1. The Morgan fingerprint density at radius 2 is 2.05 bits per heavy atom. The summed E-state index contributed by atoms with van der Waals surface area (Å²) in [7, 11) is 0. The van der Waals surface area contributed by atoms with Crippen molar-refractivity contribution in [1.29, 1.82) is 0 Å². The Bertz CT molecular complexity index is 506. The predicted molar refractivity (Wildman–Crippen MR) is 95.6 cm³/mol. The van der Waals surface area contributed by atoms with E-state index in [1.807, 2.05) is 45.0 Å². The highest BCUT2D eigenvalue weighted by Crippen LogP contribution is 2.22. The van der Waals surface area contributed by atoms with E-state index in [0.29, 0.717) is 5.75 Å². The quantitative estimate of drug-likeness (QED) is 0.716. The molecule has 0 bridgehead atoms. The highest BCUT2D eigenvalue weighted by Gasteiger charge is 2.21. The van der Waals surface area contributed by atoms with Crippen LogP contribution in [0.1, 0.15) is 26.3 Å². The number of benzene rings is 1. The molecule has 0 aliphatic heterocycles. The molecule has 0 heterocycles. The zero-order valence-electron chi connectivity index (χ0n) is 13.2. The second kappa shape index (κ2) is 9.79. The van der Waals surface area contributed by atoms with Gasteiger partial charge in [-0.1, -0.05) is 32.9 Å². The number of carboxylic acid groups (broad SMARTS) is 1. The maximum Gasteiger partial charge on any atom is 0.313 e. The summed E-state index contributed by atoms with van der Waals surface area (Å²) in [6.07, 6.45) is 0. The van der Waals surface area contributed by atoms with Crippen LogP contribution in [0.25, 0.3) is 0 Å². The van der Waals surface area contributed by atoms with Gasteiger partial charge < -0.3 is 10.4 Å². The molecule has 4 nitrogen and oxygen atoms in total. The summed E-state index contributed by atoms with van der Waals surface area (Å²) in [6, 6.07) is 7.58. The van der Waals surface area contributed by atoms with Gasteiger partial charge in [0.25, 0.3) is 0 Å².